The van der Waals surface area contributed by atoms with E-state index in [1.54, 1.807) is 0 Å². The van der Waals surface area contributed by atoms with Crippen molar-refractivity contribution in [1.29, 1.82) is 0 Å². The van der Waals surface area contributed by atoms with E-state index in [9.17, 15) is 0 Å². The van der Waals surface area contributed by atoms with E-state index in [0.717, 1.165) is 44.9 Å². The van der Waals surface area contributed by atoms with Gasteiger partial charge in [0.2, 0.25) is 5.79 Å². The van der Waals surface area contributed by atoms with Crippen LogP contribution in [-0.4, -0.2) is 28.7 Å². The molecule has 0 amide bonds. The minimum absolute atomic E-state index is 0.128. The molecule has 0 bridgehead atoms. The highest BCUT2D eigenvalue weighted by molar-refractivity contribution is 4.74. The maximum absolute atomic E-state index is 5.72. The van der Waals surface area contributed by atoms with Crippen LogP contribution in [0.4, 0.5) is 0 Å². The molecule has 0 spiro atoms. The fourth-order valence-electron chi connectivity index (χ4n) is 3.18. The highest BCUT2D eigenvalue weighted by Gasteiger charge is 2.40. The molecule has 2 rings (SSSR count). The average Bonchev–Trinajstić information content (AvgIpc) is 2.82. The Kier molecular flexibility index (Phi) is 13.4. The average molecular weight is 475 g/mol. The summed E-state index contributed by atoms with van der Waals surface area (Å²) in [6, 6.07) is 0. The standard InChI is InChI=1S/C16H32O4.C11H22O2/c1-7-14(3,4)17-19-16(12-10-9-11-13-16)20-18-15(5,6)8-2;1-4-11(2,3)13-12-10-8-6-5-7-9-10/h7-13H2,1-6H3;10H,4-9H2,1-3H3. The van der Waals surface area contributed by atoms with Crippen LogP contribution in [-0.2, 0) is 29.3 Å². The lowest BCUT2D eigenvalue weighted by Gasteiger charge is -2.38. The fourth-order valence-corrected chi connectivity index (χ4v) is 3.18. The molecule has 0 aromatic rings. The lowest BCUT2D eigenvalue weighted by molar-refractivity contribution is -0.547. The molecule has 2 aliphatic carbocycles. The van der Waals surface area contributed by atoms with Crippen LogP contribution >= 0.6 is 0 Å². The molecule has 33 heavy (non-hydrogen) atoms. The van der Waals surface area contributed by atoms with Gasteiger partial charge in [-0.1, -0.05) is 46.5 Å². The second kappa shape index (κ2) is 14.4. The molecule has 0 aliphatic heterocycles. The van der Waals surface area contributed by atoms with Crippen molar-refractivity contribution in [3.63, 3.8) is 0 Å². The van der Waals surface area contributed by atoms with Gasteiger partial charge in [0, 0.05) is 12.8 Å². The first-order chi connectivity index (χ1) is 15.4. The third-order valence-corrected chi connectivity index (χ3v) is 6.97. The predicted molar refractivity (Wildman–Crippen MR) is 132 cm³/mol. The summed E-state index contributed by atoms with van der Waals surface area (Å²) in [5.41, 5.74) is -0.750. The van der Waals surface area contributed by atoms with E-state index in [1.165, 1.54) is 38.5 Å². The largest absolute Gasteiger partial charge is 0.234 e. The van der Waals surface area contributed by atoms with E-state index in [2.05, 4.69) is 34.6 Å². The van der Waals surface area contributed by atoms with Crippen molar-refractivity contribution in [1.82, 2.24) is 0 Å². The molecular formula is C27H54O6. The number of rotatable bonds is 12. The van der Waals surface area contributed by atoms with E-state index < -0.39 is 5.79 Å². The van der Waals surface area contributed by atoms with Crippen LogP contribution in [0.5, 0.6) is 0 Å². The van der Waals surface area contributed by atoms with Crippen molar-refractivity contribution in [2.24, 2.45) is 0 Å². The molecule has 0 heterocycles. The predicted octanol–water partition coefficient (Wildman–Crippen LogP) is 8.38. The summed E-state index contributed by atoms with van der Waals surface area (Å²) in [5.74, 6) is -0.753. The quantitative estimate of drug-likeness (QED) is 0.161. The zero-order chi connectivity index (χ0) is 25.0. The highest BCUT2D eigenvalue weighted by Crippen LogP contribution is 2.36. The van der Waals surface area contributed by atoms with Crippen LogP contribution in [0.2, 0.25) is 0 Å². The van der Waals surface area contributed by atoms with Crippen LogP contribution in [0.15, 0.2) is 0 Å². The summed E-state index contributed by atoms with van der Waals surface area (Å²) >= 11 is 0. The van der Waals surface area contributed by atoms with Crippen LogP contribution in [0.25, 0.3) is 0 Å². The Morgan fingerprint density at radius 2 is 0.970 bits per heavy atom. The van der Waals surface area contributed by atoms with Crippen molar-refractivity contribution < 1.29 is 29.3 Å². The van der Waals surface area contributed by atoms with Gasteiger partial charge in [0.25, 0.3) is 0 Å². The normalized spacial score (nSPS) is 20.3. The Morgan fingerprint density at radius 1 is 0.576 bits per heavy atom. The first kappa shape index (κ1) is 30.8. The first-order valence-corrected chi connectivity index (χ1v) is 13.5. The summed E-state index contributed by atoms with van der Waals surface area (Å²) < 4.78 is 0. The van der Waals surface area contributed by atoms with E-state index in [-0.39, 0.29) is 16.8 Å². The lowest BCUT2D eigenvalue weighted by atomic mass is 9.94. The molecule has 6 nitrogen and oxygen atoms in total. The number of hydrogen-bond donors (Lipinski definition) is 0. The van der Waals surface area contributed by atoms with Crippen molar-refractivity contribution in [3.8, 4) is 0 Å². The molecule has 0 aromatic heterocycles. The van der Waals surface area contributed by atoms with Crippen molar-refractivity contribution in [2.45, 2.75) is 174 Å². The second-order valence-electron chi connectivity index (χ2n) is 11.6. The van der Waals surface area contributed by atoms with Gasteiger partial charge in [-0.25, -0.2) is 19.6 Å². The monoisotopic (exact) mass is 474 g/mol. The van der Waals surface area contributed by atoms with Crippen LogP contribution in [0, 0.1) is 0 Å². The minimum atomic E-state index is -0.753. The van der Waals surface area contributed by atoms with Gasteiger partial charge in [0.05, 0.1) is 22.9 Å². The molecule has 198 valence electrons. The summed E-state index contributed by atoms with van der Waals surface area (Å²) in [4.78, 5) is 33.5. The van der Waals surface area contributed by atoms with Gasteiger partial charge >= 0.3 is 0 Å². The van der Waals surface area contributed by atoms with Crippen LogP contribution < -0.4 is 0 Å². The third-order valence-electron chi connectivity index (χ3n) is 6.97. The molecule has 2 fully saturated rings. The van der Waals surface area contributed by atoms with Crippen LogP contribution in [0.3, 0.4) is 0 Å². The number of hydrogen-bond acceptors (Lipinski definition) is 6. The maximum atomic E-state index is 5.72. The zero-order valence-corrected chi connectivity index (χ0v) is 23.2. The molecule has 0 N–H and O–H groups in total. The zero-order valence-electron chi connectivity index (χ0n) is 23.2. The topological polar surface area (TPSA) is 55.4 Å². The van der Waals surface area contributed by atoms with Gasteiger partial charge in [-0.05, 0) is 86.5 Å². The molecular weight excluding hydrogens is 420 g/mol. The Bertz CT molecular complexity index is 483. The molecule has 6 heteroatoms. The van der Waals surface area contributed by atoms with E-state index in [0.29, 0.717) is 6.10 Å². The van der Waals surface area contributed by atoms with Crippen LogP contribution in [0.1, 0.15) is 146 Å². The third kappa shape index (κ3) is 12.9. The van der Waals surface area contributed by atoms with Crippen molar-refractivity contribution >= 4 is 0 Å². The summed E-state index contributed by atoms with van der Waals surface area (Å²) in [5, 5.41) is 0. The summed E-state index contributed by atoms with van der Waals surface area (Å²) in [6.45, 7) is 18.5. The Balaban J connectivity index is 0.000000361. The molecule has 0 unspecified atom stereocenters. The molecule has 0 saturated heterocycles. The maximum Gasteiger partial charge on any atom is 0.234 e. The first-order valence-electron chi connectivity index (χ1n) is 13.5. The van der Waals surface area contributed by atoms with E-state index in [1.807, 2.05) is 27.7 Å². The Morgan fingerprint density at radius 3 is 1.39 bits per heavy atom. The summed E-state index contributed by atoms with van der Waals surface area (Å²) in [6.07, 6.45) is 14.4. The minimum Gasteiger partial charge on any atom is -0.233 e. The van der Waals surface area contributed by atoms with E-state index >= 15 is 0 Å². The highest BCUT2D eigenvalue weighted by atomic mass is 17.3. The Labute approximate surface area is 204 Å². The van der Waals surface area contributed by atoms with Crippen molar-refractivity contribution in [2.75, 3.05) is 0 Å². The molecule has 0 atom stereocenters. The molecule has 0 aromatic carbocycles. The SMILES string of the molecule is CCC(C)(C)OOC1(OOC(C)(C)CC)CCCCC1.CCC(C)(C)OOC1CCCCC1. The fraction of sp³-hybridized carbons (Fsp3) is 1.00. The molecule has 2 saturated carbocycles. The van der Waals surface area contributed by atoms with E-state index in [4.69, 9.17) is 29.3 Å². The smallest absolute Gasteiger partial charge is 0.233 e. The van der Waals surface area contributed by atoms with Gasteiger partial charge in [-0.15, -0.1) is 0 Å². The van der Waals surface area contributed by atoms with Gasteiger partial charge in [-0.3, -0.25) is 0 Å². The molecule has 2 aliphatic rings. The Hall–Kier alpha value is -0.240. The van der Waals surface area contributed by atoms with Crippen molar-refractivity contribution in [3.05, 3.63) is 0 Å². The second-order valence-corrected chi connectivity index (χ2v) is 11.6. The van der Waals surface area contributed by atoms with Gasteiger partial charge < -0.3 is 0 Å². The summed E-state index contributed by atoms with van der Waals surface area (Å²) in [7, 11) is 0. The van der Waals surface area contributed by atoms with Gasteiger partial charge in [0.1, 0.15) is 0 Å². The van der Waals surface area contributed by atoms with Gasteiger partial charge in [-0.2, -0.15) is 9.78 Å². The molecule has 0 radical (unpaired) electrons. The lowest BCUT2D eigenvalue weighted by Crippen LogP contribution is -2.43. The van der Waals surface area contributed by atoms with Gasteiger partial charge in [0.15, 0.2) is 0 Å².